The molecule has 0 unspecified atom stereocenters. The van der Waals surface area contributed by atoms with Crippen molar-refractivity contribution in [2.75, 3.05) is 12.4 Å². The average molecular weight is 211 g/mol. The van der Waals surface area contributed by atoms with E-state index in [1.807, 2.05) is 18.2 Å². The van der Waals surface area contributed by atoms with E-state index in [2.05, 4.69) is 10.4 Å². The second-order valence-electron chi connectivity index (χ2n) is 2.56. The highest BCUT2D eigenvalue weighted by molar-refractivity contribution is 8.01. The van der Waals surface area contributed by atoms with Crippen LogP contribution in [0.5, 0.6) is 0 Å². The molecular weight excluding hydrogens is 202 g/mol. The Hall–Kier alpha value is -0.580. The molecule has 1 aromatic carbocycles. The third kappa shape index (κ3) is 1.85. The molecule has 0 saturated heterocycles. The van der Waals surface area contributed by atoms with Gasteiger partial charge in [0.05, 0.1) is 16.3 Å². The molecule has 0 aliphatic heterocycles. The summed E-state index contributed by atoms with van der Waals surface area (Å²) in [5.74, 6) is 0.742. The number of aromatic nitrogens is 1. The lowest BCUT2D eigenvalue weighted by Crippen LogP contribution is -1.83. The molecular formula is C9H9NOS2. The number of nitrogens with zero attached hydrogens (tertiary/aromatic N) is 1. The smallest absolute Gasteiger partial charge is 0.0886 e. The van der Waals surface area contributed by atoms with E-state index in [0.29, 0.717) is 0 Å². The van der Waals surface area contributed by atoms with Crippen molar-refractivity contribution in [3.63, 3.8) is 0 Å². The number of fused-ring (bicyclic) bond motifs is 1. The fourth-order valence-electron chi connectivity index (χ4n) is 1.11. The summed E-state index contributed by atoms with van der Waals surface area (Å²) in [5.41, 5.74) is 1.05. The van der Waals surface area contributed by atoms with Gasteiger partial charge in [0, 0.05) is 11.1 Å². The molecule has 1 heterocycles. The van der Waals surface area contributed by atoms with E-state index in [0.717, 1.165) is 11.3 Å². The number of thioether (sulfide) groups is 1. The van der Waals surface area contributed by atoms with Gasteiger partial charge in [0.15, 0.2) is 0 Å². The minimum absolute atomic E-state index is 0.219. The van der Waals surface area contributed by atoms with Gasteiger partial charge in [0.1, 0.15) is 0 Å². The zero-order valence-electron chi connectivity index (χ0n) is 6.93. The molecule has 0 atom stereocenters. The minimum Gasteiger partial charge on any atom is -0.396 e. The highest BCUT2D eigenvalue weighted by atomic mass is 32.2. The Morgan fingerprint density at radius 1 is 1.38 bits per heavy atom. The van der Waals surface area contributed by atoms with Crippen molar-refractivity contribution in [3.8, 4) is 0 Å². The van der Waals surface area contributed by atoms with Gasteiger partial charge in [-0.25, -0.2) is 0 Å². The van der Waals surface area contributed by atoms with Crippen LogP contribution < -0.4 is 0 Å². The predicted molar refractivity (Wildman–Crippen MR) is 57.4 cm³/mol. The van der Waals surface area contributed by atoms with Crippen molar-refractivity contribution < 1.29 is 5.11 Å². The van der Waals surface area contributed by atoms with Gasteiger partial charge in [-0.1, -0.05) is 18.2 Å². The van der Waals surface area contributed by atoms with Gasteiger partial charge in [-0.2, -0.15) is 4.37 Å². The number of hydrogen-bond donors (Lipinski definition) is 1. The fourth-order valence-corrected chi connectivity index (χ4v) is 2.90. The van der Waals surface area contributed by atoms with E-state index in [9.17, 15) is 0 Å². The summed E-state index contributed by atoms with van der Waals surface area (Å²) in [6.45, 7) is 0.219. The third-order valence-electron chi connectivity index (χ3n) is 1.68. The summed E-state index contributed by atoms with van der Waals surface area (Å²) in [4.78, 5) is 0. The number of rotatable bonds is 3. The predicted octanol–water partition coefficient (Wildman–Crippen LogP) is 2.38. The molecule has 0 spiro atoms. The molecule has 0 radical (unpaired) electrons. The van der Waals surface area contributed by atoms with E-state index < -0.39 is 0 Å². The van der Waals surface area contributed by atoms with Crippen LogP contribution >= 0.6 is 23.3 Å². The van der Waals surface area contributed by atoms with Crippen LogP contribution in [-0.4, -0.2) is 21.8 Å². The molecule has 4 heteroatoms. The van der Waals surface area contributed by atoms with Crippen LogP contribution in [0, 0.1) is 0 Å². The maximum atomic E-state index is 8.70. The van der Waals surface area contributed by atoms with Gasteiger partial charge in [0.2, 0.25) is 0 Å². The van der Waals surface area contributed by atoms with Crippen molar-refractivity contribution in [1.29, 1.82) is 0 Å². The molecule has 0 saturated carbocycles. The Morgan fingerprint density at radius 3 is 3.08 bits per heavy atom. The number of benzene rings is 1. The maximum absolute atomic E-state index is 8.70. The van der Waals surface area contributed by atoms with Crippen LogP contribution in [0.15, 0.2) is 28.5 Å². The molecule has 2 nitrogen and oxygen atoms in total. The molecule has 2 aromatic rings. The van der Waals surface area contributed by atoms with E-state index in [1.54, 1.807) is 11.8 Å². The highest BCUT2D eigenvalue weighted by Crippen LogP contribution is 2.31. The first-order chi connectivity index (χ1) is 6.42. The second-order valence-corrected chi connectivity index (χ2v) is 4.70. The van der Waals surface area contributed by atoms with E-state index in [-0.39, 0.29) is 6.61 Å². The summed E-state index contributed by atoms with van der Waals surface area (Å²) < 4.78 is 5.51. The van der Waals surface area contributed by atoms with Crippen molar-refractivity contribution in [2.45, 2.75) is 4.21 Å². The Balaban J connectivity index is 2.35. The summed E-state index contributed by atoms with van der Waals surface area (Å²) in [5, 5.41) is 9.90. The van der Waals surface area contributed by atoms with E-state index in [4.69, 9.17) is 5.11 Å². The first kappa shape index (κ1) is 8.99. The van der Waals surface area contributed by atoms with Crippen LogP contribution in [0.2, 0.25) is 0 Å². The molecule has 2 rings (SSSR count). The molecule has 0 bridgehead atoms. The molecule has 0 aliphatic rings. The van der Waals surface area contributed by atoms with Gasteiger partial charge in [0.25, 0.3) is 0 Å². The number of aliphatic hydroxyl groups excluding tert-OH is 1. The van der Waals surface area contributed by atoms with Crippen molar-refractivity contribution >= 4 is 34.2 Å². The molecule has 68 valence electrons. The number of hydrogen-bond acceptors (Lipinski definition) is 4. The first-order valence-electron chi connectivity index (χ1n) is 4.00. The van der Waals surface area contributed by atoms with E-state index in [1.165, 1.54) is 21.1 Å². The summed E-state index contributed by atoms with van der Waals surface area (Å²) in [6.07, 6.45) is 0. The largest absolute Gasteiger partial charge is 0.396 e. The van der Waals surface area contributed by atoms with Crippen LogP contribution in [0.25, 0.3) is 10.9 Å². The lowest BCUT2D eigenvalue weighted by atomic mass is 10.3. The van der Waals surface area contributed by atoms with Gasteiger partial charge in [-0.05, 0) is 17.6 Å². The van der Waals surface area contributed by atoms with Gasteiger partial charge >= 0.3 is 0 Å². The topological polar surface area (TPSA) is 33.1 Å². The quantitative estimate of drug-likeness (QED) is 0.791. The molecule has 0 fully saturated rings. The second kappa shape index (κ2) is 4.09. The zero-order valence-corrected chi connectivity index (χ0v) is 8.57. The maximum Gasteiger partial charge on any atom is 0.0886 e. The van der Waals surface area contributed by atoms with Crippen LogP contribution in [-0.2, 0) is 0 Å². The minimum atomic E-state index is 0.219. The Bertz CT molecular complexity index is 399. The highest BCUT2D eigenvalue weighted by Gasteiger charge is 2.04. The first-order valence-corrected chi connectivity index (χ1v) is 5.76. The Morgan fingerprint density at radius 2 is 2.23 bits per heavy atom. The van der Waals surface area contributed by atoms with Crippen molar-refractivity contribution in [2.24, 2.45) is 0 Å². The van der Waals surface area contributed by atoms with Crippen molar-refractivity contribution in [1.82, 2.24) is 4.37 Å². The lowest BCUT2D eigenvalue weighted by molar-refractivity contribution is 0.322. The molecule has 13 heavy (non-hydrogen) atoms. The third-order valence-corrected chi connectivity index (χ3v) is 3.79. The van der Waals surface area contributed by atoms with Gasteiger partial charge in [-0.3, -0.25) is 0 Å². The van der Waals surface area contributed by atoms with Gasteiger partial charge < -0.3 is 5.11 Å². The molecule has 0 aliphatic carbocycles. The van der Waals surface area contributed by atoms with Gasteiger partial charge in [-0.15, -0.1) is 11.8 Å². The monoisotopic (exact) mass is 211 g/mol. The molecule has 1 N–H and O–H groups in total. The SMILES string of the molecule is OCCSc1snc2ccccc12. The Labute approximate surface area is 84.8 Å². The molecule has 0 amide bonds. The number of aliphatic hydroxyl groups is 1. The van der Waals surface area contributed by atoms with Crippen LogP contribution in [0.1, 0.15) is 0 Å². The zero-order chi connectivity index (χ0) is 9.10. The average Bonchev–Trinajstić information content (AvgIpc) is 2.58. The molecule has 1 aromatic heterocycles. The van der Waals surface area contributed by atoms with Crippen LogP contribution in [0.4, 0.5) is 0 Å². The lowest BCUT2D eigenvalue weighted by Gasteiger charge is -1.93. The van der Waals surface area contributed by atoms with E-state index >= 15 is 0 Å². The van der Waals surface area contributed by atoms with Crippen molar-refractivity contribution in [3.05, 3.63) is 24.3 Å². The summed E-state index contributed by atoms with van der Waals surface area (Å²) in [7, 11) is 0. The summed E-state index contributed by atoms with van der Waals surface area (Å²) >= 11 is 3.17. The normalized spacial score (nSPS) is 10.8. The Kier molecular flexibility index (Phi) is 2.83. The van der Waals surface area contributed by atoms with Crippen LogP contribution in [0.3, 0.4) is 0 Å². The summed E-state index contributed by atoms with van der Waals surface area (Å²) in [6, 6.07) is 8.08. The standard InChI is InChI=1S/C9H9NOS2/c11-5-6-12-9-7-3-1-2-4-8(7)10-13-9/h1-4,11H,5-6H2. The fraction of sp³-hybridized carbons (Fsp3) is 0.222.